The van der Waals surface area contributed by atoms with E-state index in [4.69, 9.17) is 14.2 Å². The van der Waals surface area contributed by atoms with Crippen LogP contribution in [0, 0.1) is 0 Å². The molecule has 0 atom stereocenters. The van der Waals surface area contributed by atoms with Gasteiger partial charge in [-0.15, -0.1) is 0 Å². The molecule has 0 amide bonds. The fraction of sp³-hybridized carbons (Fsp3) is 0.333. The number of ether oxygens (including phenoxy) is 3. The van der Waals surface area contributed by atoms with Crippen LogP contribution in [0.3, 0.4) is 0 Å². The molecule has 0 aliphatic carbocycles. The predicted molar refractivity (Wildman–Crippen MR) is 112 cm³/mol. The van der Waals surface area contributed by atoms with E-state index in [0.717, 1.165) is 25.0 Å². The lowest BCUT2D eigenvalue weighted by Crippen LogP contribution is -2.11. The Morgan fingerprint density at radius 3 is 2.14 bits per heavy atom. The zero-order valence-corrected chi connectivity index (χ0v) is 16.9. The molecule has 5 nitrogen and oxygen atoms in total. The van der Waals surface area contributed by atoms with Crippen LogP contribution in [0.25, 0.3) is 0 Å². The Morgan fingerprint density at radius 1 is 0.793 bits per heavy atom. The molecule has 0 saturated carbocycles. The second kappa shape index (κ2) is 12.5. The Morgan fingerprint density at radius 2 is 1.45 bits per heavy atom. The molecule has 2 rings (SSSR count). The van der Waals surface area contributed by atoms with E-state index in [-0.39, 0.29) is 18.4 Å². The lowest BCUT2D eigenvalue weighted by Gasteiger charge is -2.08. The molecule has 0 heterocycles. The number of benzene rings is 2. The standard InChI is InChI=1S/C24H28O5/c1-19(2)24(26)29-18-17-27-15-7-4-8-16-28-22-13-11-21(12-14-22)23(25)20-9-5-3-6-10-20/h3,5-6,9-14H,1,4,7-8,15-18H2,2H3. The summed E-state index contributed by atoms with van der Waals surface area (Å²) in [5.74, 6) is 0.375. The molecule has 2 aromatic carbocycles. The zero-order chi connectivity index (χ0) is 20.9. The van der Waals surface area contributed by atoms with Gasteiger partial charge in [-0.3, -0.25) is 4.79 Å². The summed E-state index contributed by atoms with van der Waals surface area (Å²) in [5.41, 5.74) is 1.72. The van der Waals surface area contributed by atoms with Crippen molar-refractivity contribution in [3.8, 4) is 5.75 Å². The van der Waals surface area contributed by atoms with Crippen molar-refractivity contribution in [1.29, 1.82) is 0 Å². The lowest BCUT2D eigenvalue weighted by atomic mass is 10.0. The number of rotatable bonds is 13. The van der Waals surface area contributed by atoms with Crippen molar-refractivity contribution < 1.29 is 23.8 Å². The molecule has 0 aliphatic heterocycles. The number of ketones is 1. The normalized spacial score (nSPS) is 10.4. The fourth-order valence-electron chi connectivity index (χ4n) is 2.55. The van der Waals surface area contributed by atoms with Crippen LogP contribution in [0.1, 0.15) is 42.1 Å². The molecule has 5 heteroatoms. The van der Waals surface area contributed by atoms with Crippen LogP contribution in [-0.2, 0) is 14.3 Å². The Balaban J connectivity index is 1.54. The number of hydrogen-bond acceptors (Lipinski definition) is 5. The smallest absolute Gasteiger partial charge is 0.333 e. The maximum absolute atomic E-state index is 12.4. The van der Waals surface area contributed by atoms with E-state index in [1.165, 1.54) is 0 Å². The predicted octanol–water partition coefficient (Wildman–Crippen LogP) is 4.60. The van der Waals surface area contributed by atoms with Gasteiger partial charge in [0, 0.05) is 23.3 Å². The minimum atomic E-state index is -0.386. The molecule has 0 aliphatic rings. The first kappa shape index (κ1) is 22.4. The molecule has 0 radical (unpaired) electrons. The van der Waals surface area contributed by atoms with Crippen LogP contribution in [0.15, 0.2) is 66.7 Å². The summed E-state index contributed by atoms with van der Waals surface area (Å²) in [5, 5.41) is 0. The van der Waals surface area contributed by atoms with Crippen LogP contribution in [-0.4, -0.2) is 38.2 Å². The Labute approximate surface area is 172 Å². The van der Waals surface area contributed by atoms with E-state index in [1.54, 1.807) is 19.1 Å². The van der Waals surface area contributed by atoms with Gasteiger partial charge >= 0.3 is 5.97 Å². The molecule has 0 N–H and O–H groups in total. The van der Waals surface area contributed by atoms with E-state index < -0.39 is 0 Å². The topological polar surface area (TPSA) is 61.8 Å². The highest BCUT2D eigenvalue weighted by atomic mass is 16.6. The first-order valence-electron chi connectivity index (χ1n) is 9.81. The summed E-state index contributed by atoms with van der Waals surface area (Å²) in [4.78, 5) is 23.5. The molecule has 29 heavy (non-hydrogen) atoms. The number of hydrogen-bond donors (Lipinski definition) is 0. The number of esters is 1. The van der Waals surface area contributed by atoms with Gasteiger partial charge in [-0.2, -0.15) is 0 Å². The summed E-state index contributed by atoms with van der Waals surface area (Å²) in [7, 11) is 0. The second-order valence-electron chi connectivity index (χ2n) is 6.66. The summed E-state index contributed by atoms with van der Waals surface area (Å²) in [6.45, 7) is 7.01. The van der Waals surface area contributed by atoms with Crippen molar-refractivity contribution in [3.63, 3.8) is 0 Å². The summed E-state index contributed by atoms with van der Waals surface area (Å²) in [6, 6.07) is 16.5. The van der Waals surface area contributed by atoms with Gasteiger partial charge in [-0.1, -0.05) is 36.9 Å². The Hall–Kier alpha value is -2.92. The van der Waals surface area contributed by atoms with Gasteiger partial charge in [-0.25, -0.2) is 4.79 Å². The molecule has 154 valence electrons. The highest BCUT2D eigenvalue weighted by molar-refractivity contribution is 6.08. The van der Waals surface area contributed by atoms with Gasteiger partial charge in [0.25, 0.3) is 0 Å². The number of carbonyl (C=O) groups excluding carboxylic acids is 2. The van der Waals surface area contributed by atoms with E-state index in [2.05, 4.69) is 6.58 Å². The van der Waals surface area contributed by atoms with Crippen LogP contribution >= 0.6 is 0 Å². The lowest BCUT2D eigenvalue weighted by molar-refractivity contribution is -0.140. The van der Waals surface area contributed by atoms with Crippen LogP contribution < -0.4 is 4.74 Å². The van der Waals surface area contributed by atoms with Gasteiger partial charge in [-0.05, 0) is 50.5 Å². The summed E-state index contributed by atoms with van der Waals surface area (Å²) in [6.07, 6.45) is 2.82. The maximum atomic E-state index is 12.4. The average Bonchev–Trinajstić information content (AvgIpc) is 2.75. The zero-order valence-electron chi connectivity index (χ0n) is 16.9. The van der Waals surface area contributed by atoms with Gasteiger partial charge in [0.05, 0.1) is 13.2 Å². The van der Waals surface area contributed by atoms with Gasteiger partial charge in [0.2, 0.25) is 0 Å². The van der Waals surface area contributed by atoms with E-state index in [0.29, 0.717) is 36.5 Å². The second-order valence-corrected chi connectivity index (χ2v) is 6.66. The highest BCUT2D eigenvalue weighted by Crippen LogP contribution is 2.16. The third-order valence-corrected chi connectivity index (χ3v) is 4.16. The largest absolute Gasteiger partial charge is 0.494 e. The maximum Gasteiger partial charge on any atom is 0.333 e. The van der Waals surface area contributed by atoms with Crippen molar-refractivity contribution in [2.75, 3.05) is 26.4 Å². The SMILES string of the molecule is C=C(C)C(=O)OCCOCCCCCOc1ccc(C(=O)c2ccccc2)cc1. The minimum absolute atomic E-state index is 0.00606. The van der Waals surface area contributed by atoms with Crippen molar-refractivity contribution in [2.24, 2.45) is 0 Å². The van der Waals surface area contributed by atoms with Crippen LogP contribution in [0.4, 0.5) is 0 Å². The fourth-order valence-corrected chi connectivity index (χ4v) is 2.55. The summed E-state index contributed by atoms with van der Waals surface area (Å²) >= 11 is 0. The Bertz CT molecular complexity index is 781. The molecular formula is C24H28O5. The molecule has 0 aromatic heterocycles. The third-order valence-electron chi connectivity index (χ3n) is 4.16. The molecule has 0 spiro atoms. The van der Waals surface area contributed by atoms with E-state index >= 15 is 0 Å². The number of unbranched alkanes of at least 4 members (excludes halogenated alkanes) is 2. The quantitative estimate of drug-likeness (QED) is 0.214. The van der Waals surface area contributed by atoms with Crippen molar-refractivity contribution in [3.05, 3.63) is 77.9 Å². The molecule has 0 bridgehead atoms. The molecular weight excluding hydrogens is 368 g/mol. The monoisotopic (exact) mass is 396 g/mol. The highest BCUT2D eigenvalue weighted by Gasteiger charge is 2.08. The third kappa shape index (κ3) is 8.32. The Kier molecular flexibility index (Phi) is 9.66. The summed E-state index contributed by atoms with van der Waals surface area (Å²) < 4.78 is 16.1. The first-order chi connectivity index (χ1) is 14.1. The van der Waals surface area contributed by atoms with Crippen molar-refractivity contribution >= 4 is 11.8 Å². The van der Waals surface area contributed by atoms with E-state index in [1.807, 2.05) is 42.5 Å². The molecule has 2 aromatic rings. The van der Waals surface area contributed by atoms with Gasteiger partial charge in [0.1, 0.15) is 12.4 Å². The van der Waals surface area contributed by atoms with Gasteiger partial charge in [0.15, 0.2) is 5.78 Å². The van der Waals surface area contributed by atoms with Crippen molar-refractivity contribution in [2.45, 2.75) is 26.2 Å². The van der Waals surface area contributed by atoms with Gasteiger partial charge < -0.3 is 14.2 Å². The minimum Gasteiger partial charge on any atom is -0.494 e. The van der Waals surface area contributed by atoms with E-state index in [9.17, 15) is 9.59 Å². The number of carbonyl (C=O) groups is 2. The molecule has 0 fully saturated rings. The van der Waals surface area contributed by atoms with Crippen LogP contribution in [0.5, 0.6) is 5.75 Å². The molecule has 0 saturated heterocycles. The average molecular weight is 396 g/mol. The molecule has 0 unspecified atom stereocenters. The van der Waals surface area contributed by atoms with Crippen LogP contribution in [0.2, 0.25) is 0 Å². The van der Waals surface area contributed by atoms with Crippen molar-refractivity contribution in [1.82, 2.24) is 0 Å². The first-order valence-corrected chi connectivity index (χ1v) is 9.81.